The molecule has 1 aliphatic carbocycles. The first kappa shape index (κ1) is 16.9. The highest BCUT2D eigenvalue weighted by atomic mass is 35.5. The molecule has 0 spiro atoms. The minimum atomic E-state index is -3.60. The summed E-state index contributed by atoms with van der Waals surface area (Å²) in [6, 6.07) is 7.81. The summed E-state index contributed by atoms with van der Waals surface area (Å²) in [5.41, 5.74) is 5.55. The molecule has 1 unspecified atom stereocenters. The lowest BCUT2D eigenvalue weighted by Gasteiger charge is -2.29. The molecule has 1 aliphatic rings. The van der Waals surface area contributed by atoms with Gasteiger partial charge in [0.1, 0.15) is 0 Å². The van der Waals surface area contributed by atoms with E-state index in [9.17, 15) is 8.42 Å². The van der Waals surface area contributed by atoms with Gasteiger partial charge in [0, 0.05) is 12.1 Å². The van der Waals surface area contributed by atoms with E-state index in [-0.39, 0.29) is 23.8 Å². The van der Waals surface area contributed by atoms with Crippen molar-refractivity contribution in [3.8, 4) is 6.07 Å². The van der Waals surface area contributed by atoms with Crippen molar-refractivity contribution in [2.45, 2.75) is 30.2 Å². The van der Waals surface area contributed by atoms with Gasteiger partial charge in [-0.3, -0.25) is 0 Å². The first-order chi connectivity index (χ1) is 8.91. The Morgan fingerprint density at radius 2 is 1.95 bits per heavy atom. The van der Waals surface area contributed by atoms with Crippen LogP contribution in [0.5, 0.6) is 0 Å². The van der Waals surface area contributed by atoms with Crippen LogP contribution in [-0.2, 0) is 10.0 Å². The Bertz CT molecular complexity index is 605. The maximum Gasteiger partial charge on any atom is 0.241 e. The number of rotatable bonds is 5. The molecule has 1 fully saturated rings. The molecule has 7 heteroatoms. The van der Waals surface area contributed by atoms with Crippen LogP contribution in [0.2, 0.25) is 0 Å². The normalized spacial score (nSPS) is 17.6. The lowest BCUT2D eigenvalue weighted by molar-refractivity contribution is 0.374. The van der Waals surface area contributed by atoms with E-state index in [0.717, 1.165) is 12.8 Å². The SMILES string of the molecule is CC(CN)(NS(=O)(=O)c1ccc(C#N)cc1)C1CC1.Cl. The quantitative estimate of drug-likeness (QED) is 0.858. The summed E-state index contributed by atoms with van der Waals surface area (Å²) in [5.74, 6) is 0.311. The number of nitrogens with one attached hydrogen (secondary N) is 1. The molecular weight excluding hydrogens is 298 g/mol. The topological polar surface area (TPSA) is 96.0 Å². The zero-order valence-corrected chi connectivity index (χ0v) is 12.8. The molecule has 110 valence electrons. The molecule has 1 saturated carbocycles. The molecule has 0 bridgehead atoms. The Morgan fingerprint density at radius 3 is 2.35 bits per heavy atom. The number of hydrogen-bond acceptors (Lipinski definition) is 4. The van der Waals surface area contributed by atoms with Crippen LogP contribution < -0.4 is 10.5 Å². The number of sulfonamides is 1. The van der Waals surface area contributed by atoms with Crippen molar-refractivity contribution >= 4 is 22.4 Å². The Labute approximate surface area is 125 Å². The van der Waals surface area contributed by atoms with Gasteiger partial charge in [-0.05, 0) is 49.9 Å². The van der Waals surface area contributed by atoms with Crippen molar-refractivity contribution in [2.24, 2.45) is 11.7 Å². The molecule has 0 saturated heterocycles. The Balaban J connectivity index is 0.00000200. The average Bonchev–Trinajstić information content (AvgIpc) is 3.23. The fraction of sp³-hybridized carbons (Fsp3) is 0.462. The molecular formula is C13H18ClN3O2S. The van der Waals surface area contributed by atoms with Crippen LogP contribution in [0, 0.1) is 17.2 Å². The van der Waals surface area contributed by atoms with Crippen molar-refractivity contribution in [2.75, 3.05) is 6.54 Å². The van der Waals surface area contributed by atoms with Gasteiger partial charge in [0.2, 0.25) is 10.0 Å². The van der Waals surface area contributed by atoms with E-state index in [1.165, 1.54) is 24.3 Å². The Morgan fingerprint density at radius 1 is 1.40 bits per heavy atom. The maximum absolute atomic E-state index is 12.3. The minimum Gasteiger partial charge on any atom is -0.329 e. The van der Waals surface area contributed by atoms with Crippen LogP contribution in [0.15, 0.2) is 29.2 Å². The molecule has 20 heavy (non-hydrogen) atoms. The number of nitrogens with two attached hydrogens (primary N) is 1. The first-order valence-electron chi connectivity index (χ1n) is 6.15. The second kappa shape index (κ2) is 6.10. The van der Waals surface area contributed by atoms with Gasteiger partial charge in [0.25, 0.3) is 0 Å². The predicted octanol–water partition coefficient (Wildman–Crippen LogP) is 1.39. The molecule has 0 aromatic heterocycles. The zero-order valence-electron chi connectivity index (χ0n) is 11.2. The van der Waals surface area contributed by atoms with Gasteiger partial charge in [-0.25, -0.2) is 13.1 Å². The molecule has 0 radical (unpaired) electrons. The number of nitriles is 1. The summed E-state index contributed by atoms with van der Waals surface area (Å²) in [5, 5.41) is 8.71. The summed E-state index contributed by atoms with van der Waals surface area (Å²) in [4.78, 5) is 0.159. The van der Waals surface area contributed by atoms with Crippen molar-refractivity contribution in [1.82, 2.24) is 4.72 Å². The summed E-state index contributed by atoms with van der Waals surface area (Å²) in [6.45, 7) is 2.11. The third kappa shape index (κ3) is 3.49. The Hall–Kier alpha value is -1.13. The molecule has 3 N–H and O–H groups in total. The highest BCUT2D eigenvalue weighted by Crippen LogP contribution is 2.39. The van der Waals surface area contributed by atoms with Crippen molar-refractivity contribution < 1.29 is 8.42 Å². The van der Waals surface area contributed by atoms with Gasteiger partial charge in [-0.2, -0.15) is 5.26 Å². The summed E-state index contributed by atoms with van der Waals surface area (Å²) < 4.78 is 27.3. The van der Waals surface area contributed by atoms with E-state index < -0.39 is 15.6 Å². The van der Waals surface area contributed by atoms with Crippen molar-refractivity contribution in [3.63, 3.8) is 0 Å². The molecule has 0 amide bonds. The highest BCUT2D eigenvalue weighted by Gasteiger charge is 2.43. The zero-order chi connectivity index (χ0) is 14.1. The molecule has 0 aliphatic heterocycles. The molecule has 0 heterocycles. The second-order valence-corrected chi connectivity index (χ2v) is 6.82. The van der Waals surface area contributed by atoms with E-state index in [4.69, 9.17) is 11.0 Å². The van der Waals surface area contributed by atoms with Crippen LogP contribution in [0.25, 0.3) is 0 Å². The maximum atomic E-state index is 12.3. The second-order valence-electron chi connectivity index (χ2n) is 5.14. The summed E-state index contributed by atoms with van der Waals surface area (Å²) in [6.07, 6.45) is 2.01. The van der Waals surface area contributed by atoms with Crippen LogP contribution in [-0.4, -0.2) is 20.5 Å². The van der Waals surface area contributed by atoms with E-state index in [0.29, 0.717) is 11.5 Å². The van der Waals surface area contributed by atoms with Gasteiger partial charge in [-0.1, -0.05) is 0 Å². The number of nitrogens with zero attached hydrogens (tertiary/aromatic N) is 1. The van der Waals surface area contributed by atoms with Gasteiger partial charge in [0.05, 0.1) is 16.5 Å². The molecule has 2 rings (SSSR count). The average molecular weight is 316 g/mol. The summed E-state index contributed by atoms with van der Waals surface area (Å²) in [7, 11) is -3.60. The predicted molar refractivity (Wildman–Crippen MR) is 78.9 cm³/mol. The van der Waals surface area contributed by atoms with E-state index in [1.807, 2.05) is 13.0 Å². The molecule has 1 atom stereocenters. The van der Waals surface area contributed by atoms with E-state index in [2.05, 4.69) is 4.72 Å². The summed E-state index contributed by atoms with van der Waals surface area (Å²) >= 11 is 0. The van der Waals surface area contributed by atoms with Gasteiger partial charge in [-0.15, -0.1) is 12.4 Å². The van der Waals surface area contributed by atoms with Crippen LogP contribution in [0.1, 0.15) is 25.3 Å². The van der Waals surface area contributed by atoms with Crippen LogP contribution >= 0.6 is 12.4 Å². The third-order valence-electron chi connectivity index (χ3n) is 3.56. The first-order valence-corrected chi connectivity index (χ1v) is 7.64. The fourth-order valence-corrected chi connectivity index (χ4v) is 3.56. The fourth-order valence-electron chi connectivity index (χ4n) is 2.09. The van der Waals surface area contributed by atoms with Crippen LogP contribution in [0.4, 0.5) is 0 Å². The minimum absolute atomic E-state index is 0. The Kier molecular flexibility index (Phi) is 5.16. The van der Waals surface area contributed by atoms with Gasteiger partial charge < -0.3 is 5.73 Å². The van der Waals surface area contributed by atoms with Crippen molar-refractivity contribution in [1.29, 1.82) is 5.26 Å². The van der Waals surface area contributed by atoms with Crippen molar-refractivity contribution in [3.05, 3.63) is 29.8 Å². The van der Waals surface area contributed by atoms with Crippen LogP contribution in [0.3, 0.4) is 0 Å². The van der Waals surface area contributed by atoms with E-state index >= 15 is 0 Å². The molecule has 1 aromatic carbocycles. The number of halogens is 1. The largest absolute Gasteiger partial charge is 0.329 e. The van der Waals surface area contributed by atoms with E-state index in [1.54, 1.807) is 0 Å². The highest BCUT2D eigenvalue weighted by molar-refractivity contribution is 7.89. The smallest absolute Gasteiger partial charge is 0.241 e. The van der Waals surface area contributed by atoms with Gasteiger partial charge >= 0.3 is 0 Å². The number of benzene rings is 1. The van der Waals surface area contributed by atoms with Gasteiger partial charge in [0.15, 0.2) is 0 Å². The molecule has 5 nitrogen and oxygen atoms in total. The monoisotopic (exact) mass is 315 g/mol. The lowest BCUT2D eigenvalue weighted by Crippen LogP contribution is -2.52. The lowest BCUT2D eigenvalue weighted by atomic mass is 9.98. The molecule has 1 aromatic rings. The standard InChI is InChI=1S/C13H17N3O2S.ClH/c1-13(9-15,11-4-5-11)16-19(17,18)12-6-2-10(8-14)3-7-12;/h2-3,6-7,11,16H,4-5,9,15H2,1H3;1H. The third-order valence-corrected chi connectivity index (χ3v) is 5.19. The number of hydrogen-bond donors (Lipinski definition) is 2.